The molecule has 0 aromatic heterocycles. The van der Waals surface area contributed by atoms with Crippen molar-refractivity contribution in [3.8, 4) is 0 Å². The van der Waals surface area contributed by atoms with Crippen molar-refractivity contribution in [3.63, 3.8) is 0 Å². The zero-order valence-corrected chi connectivity index (χ0v) is 22.4. The van der Waals surface area contributed by atoms with Gasteiger partial charge in [0, 0.05) is 5.41 Å². The molecule has 0 saturated carbocycles. The first-order valence-electron chi connectivity index (χ1n) is 11.5. The lowest BCUT2D eigenvalue weighted by molar-refractivity contribution is 0.451. The molecule has 164 valence electrons. The van der Waals surface area contributed by atoms with Gasteiger partial charge in [0.25, 0.3) is 0 Å². The Kier molecular flexibility index (Phi) is 7.46. The molecule has 0 aliphatic rings. The highest BCUT2D eigenvalue weighted by molar-refractivity contribution is 7.27. The SMILES string of the molecule is CCC(C)(Cc1ccc(C(C)(CC)c2ccc(C)c(P)c2)cc1)c1ccc(P)c(C)c1. The van der Waals surface area contributed by atoms with Crippen LogP contribution in [0.3, 0.4) is 0 Å². The van der Waals surface area contributed by atoms with E-state index in [0.717, 1.165) is 19.3 Å². The Morgan fingerprint density at radius 3 is 1.81 bits per heavy atom. The first-order chi connectivity index (χ1) is 14.6. The summed E-state index contributed by atoms with van der Waals surface area (Å²) in [5.41, 5.74) is 8.48. The molecule has 3 rings (SSSR count). The first-order valence-corrected chi connectivity index (χ1v) is 12.6. The highest BCUT2D eigenvalue weighted by atomic mass is 31.0. The van der Waals surface area contributed by atoms with Crippen LogP contribution < -0.4 is 10.6 Å². The topological polar surface area (TPSA) is 0 Å². The molecule has 0 aliphatic heterocycles. The fourth-order valence-corrected chi connectivity index (χ4v) is 4.94. The van der Waals surface area contributed by atoms with Gasteiger partial charge in [-0.05, 0) is 82.5 Å². The number of rotatable bonds is 7. The first kappa shape index (κ1) is 24.2. The fourth-order valence-electron chi connectivity index (χ4n) is 4.48. The second-order valence-electron chi connectivity index (χ2n) is 9.62. The molecule has 0 nitrogen and oxygen atoms in total. The molecule has 4 unspecified atom stereocenters. The normalized spacial score (nSPS) is 15.4. The van der Waals surface area contributed by atoms with Gasteiger partial charge in [0.05, 0.1) is 0 Å². The minimum absolute atomic E-state index is 0.0251. The van der Waals surface area contributed by atoms with Gasteiger partial charge in [-0.15, -0.1) is 18.5 Å². The van der Waals surface area contributed by atoms with Crippen molar-refractivity contribution in [3.05, 3.63) is 94.0 Å². The van der Waals surface area contributed by atoms with E-state index in [9.17, 15) is 0 Å². The smallest absolute Gasteiger partial charge is 0.0172 e. The van der Waals surface area contributed by atoms with E-state index in [1.807, 2.05) is 0 Å². The van der Waals surface area contributed by atoms with E-state index >= 15 is 0 Å². The minimum Gasteiger partial charge on any atom is -0.105 e. The maximum absolute atomic E-state index is 2.89. The van der Waals surface area contributed by atoms with Gasteiger partial charge in [0.2, 0.25) is 0 Å². The standard InChI is InChI=1S/C29H38P2/c1-7-28(5,24-15-16-26(30)21(4)17-24)19-22-10-13-23(14-11-22)29(6,8-2)25-12-9-20(3)27(31)18-25/h9-18H,7-8,19,30-31H2,1-6H3. The molecule has 31 heavy (non-hydrogen) atoms. The van der Waals surface area contributed by atoms with Gasteiger partial charge in [0.15, 0.2) is 0 Å². The summed E-state index contributed by atoms with van der Waals surface area (Å²) in [6, 6.07) is 23.2. The quantitative estimate of drug-likeness (QED) is 0.344. The van der Waals surface area contributed by atoms with E-state index in [0.29, 0.717) is 0 Å². The molecular formula is C29H38P2. The predicted octanol–water partition coefficient (Wildman–Crippen LogP) is 6.93. The second kappa shape index (κ2) is 9.57. The molecule has 3 aromatic rings. The maximum atomic E-state index is 2.89. The van der Waals surface area contributed by atoms with Gasteiger partial charge in [-0.25, -0.2) is 0 Å². The van der Waals surface area contributed by atoms with Crippen LogP contribution in [0.5, 0.6) is 0 Å². The molecule has 0 saturated heterocycles. The molecule has 2 heteroatoms. The van der Waals surface area contributed by atoms with Gasteiger partial charge in [0.1, 0.15) is 0 Å². The average Bonchev–Trinajstić information content (AvgIpc) is 2.77. The Morgan fingerprint density at radius 1 is 0.645 bits per heavy atom. The molecule has 0 spiro atoms. The summed E-state index contributed by atoms with van der Waals surface area (Å²) < 4.78 is 0. The van der Waals surface area contributed by atoms with Crippen LogP contribution in [0.2, 0.25) is 0 Å². The molecule has 0 radical (unpaired) electrons. The summed E-state index contributed by atoms with van der Waals surface area (Å²) in [6.07, 6.45) is 3.26. The third-order valence-electron chi connectivity index (χ3n) is 7.56. The van der Waals surface area contributed by atoms with Crippen LogP contribution in [0.25, 0.3) is 0 Å². The van der Waals surface area contributed by atoms with E-state index in [4.69, 9.17) is 0 Å². The van der Waals surface area contributed by atoms with Crippen LogP contribution >= 0.6 is 18.5 Å². The molecule has 3 aromatic carbocycles. The van der Waals surface area contributed by atoms with Crippen molar-refractivity contribution in [2.75, 3.05) is 0 Å². The lowest BCUT2D eigenvalue weighted by atomic mass is 9.72. The van der Waals surface area contributed by atoms with Crippen molar-refractivity contribution in [2.24, 2.45) is 0 Å². The van der Waals surface area contributed by atoms with Gasteiger partial charge in [-0.2, -0.15) is 0 Å². The highest BCUT2D eigenvalue weighted by Gasteiger charge is 2.29. The summed E-state index contributed by atoms with van der Waals surface area (Å²) in [5.74, 6) is 0. The van der Waals surface area contributed by atoms with Crippen LogP contribution in [-0.4, -0.2) is 0 Å². The molecule has 4 atom stereocenters. The summed E-state index contributed by atoms with van der Waals surface area (Å²) in [4.78, 5) is 0. The molecule has 0 amide bonds. The molecule has 0 bridgehead atoms. The molecule has 0 heterocycles. The summed E-state index contributed by atoms with van der Waals surface area (Å²) in [7, 11) is 5.73. The van der Waals surface area contributed by atoms with Crippen molar-refractivity contribution in [2.45, 2.75) is 71.6 Å². The Morgan fingerprint density at radius 2 is 1.26 bits per heavy atom. The molecule has 0 fully saturated rings. The highest BCUT2D eigenvalue weighted by Crippen LogP contribution is 2.37. The average molecular weight is 449 g/mol. The van der Waals surface area contributed by atoms with Crippen LogP contribution in [0.4, 0.5) is 0 Å². The predicted molar refractivity (Wildman–Crippen MR) is 146 cm³/mol. The van der Waals surface area contributed by atoms with Crippen molar-refractivity contribution in [1.29, 1.82) is 0 Å². The summed E-state index contributed by atoms with van der Waals surface area (Å²) >= 11 is 0. The monoisotopic (exact) mass is 448 g/mol. The Balaban J connectivity index is 1.90. The van der Waals surface area contributed by atoms with Crippen LogP contribution in [0, 0.1) is 13.8 Å². The van der Waals surface area contributed by atoms with Gasteiger partial charge in [-0.3, -0.25) is 0 Å². The molecule has 0 aliphatic carbocycles. The van der Waals surface area contributed by atoms with E-state index in [2.05, 4.69) is 121 Å². The largest absolute Gasteiger partial charge is 0.105 e. The van der Waals surface area contributed by atoms with E-state index in [-0.39, 0.29) is 10.8 Å². The third kappa shape index (κ3) is 4.97. The molecular weight excluding hydrogens is 410 g/mol. The van der Waals surface area contributed by atoms with Gasteiger partial charge < -0.3 is 0 Å². The van der Waals surface area contributed by atoms with Crippen molar-refractivity contribution >= 4 is 29.1 Å². The lowest BCUT2D eigenvalue weighted by Crippen LogP contribution is -2.26. The fraction of sp³-hybridized carbons (Fsp3) is 0.379. The molecule has 0 N–H and O–H groups in total. The Bertz CT molecular complexity index is 1050. The summed E-state index contributed by atoms with van der Waals surface area (Å²) in [5, 5.41) is 2.58. The van der Waals surface area contributed by atoms with Crippen LogP contribution in [0.1, 0.15) is 73.9 Å². The van der Waals surface area contributed by atoms with Gasteiger partial charge in [-0.1, -0.05) is 88.4 Å². The third-order valence-corrected chi connectivity index (χ3v) is 8.83. The zero-order chi connectivity index (χ0) is 22.8. The lowest BCUT2D eigenvalue weighted by Gasteiger charge is -2.32. The maximum Gasteiger partial charge on any atom is 0.0172 e. The Labute approximate surface area is 194 Å². The number of benzene rings is 3. The van der Waals surface area contributed by atoms with Gasteiger partial charge >= 0.3 is 0 Å². The summed E-state index contributed by atoms with van der Waals surface area (Å²) in [6.45, 7) is 13.8. The number of hydrogen-bond acceptors (Lipinski definition) is 0. The number of aryl methyl sites for hydroxylation is 2. The van der Waals surface area contributed by atoms with Crippen molar-refractivity contribution < 1.29 is 0 Å². The zero-order valence-electron chi connectivity index (χ0n) is 20.0. The second-order valence-corrected chi connectivity index (χ2v) is 10.9. The van der Waals surface area contributed by atoms with E-state index < -0.39 is 0 Å². The minimum atomic E-state index is 0.0251. The van der Waals surface area contributed by atoms with E-state index in [1.54, 1.807) is 0 Å². The van der Waals surface area contributed by atoms with Crippen molar-refractivity contribution in [1.82, 2.24) is 0 Å². The number of hydrogen-bond donors (Lipinski definition) is 0. The van der Waals surface area contributed by atoms with E-state index in [1.165, 1.54) is 44.0 Å². The van der Waals surface area contributed by atoms with Crippen LogP contribution in [-0.2, 0) is 17.3 Å². The Hall–Kier alpha value is -1.48. The van der Waals surface area contributed by atoms with Crippen LogP contribution in [0.15, 0.2) is 60.7 Å².